The Kier molecular flexibility index (Phi) is 3.00. The Morgan fingerprint density at radius 2 is 2.00 bits per heavy atom. The van der Waals surface area contributed by atoms with Gasteiger partial charge < -0.3 is 5.73 Å². The number of aliphatic imine (C=N–C) groups is 3. The van der Waals surface area contributed by atoms with Gasteiger partial charge in [-0.1, -0.05) is 23.9 Å². The molecule has 1 aromatic rings. The molecule has 0 saturated carbocycles. The van der Waals surface area contributed by atoms with Crippen LogP contribution < -0.4 is 11.5 Å². The molecule has 0 radical (unpaired) electrons. The van der Waals surface area contributed by atoms with Gasteiger partial charge in [-0.2, -0.15) is 0 Å². The zero-order valence-electron chi connectivity index (χ0n) is 9.25. The summed E-state index contributed by atoms with van der Waals surface area (Å²) < 4.78 is 1.15. The molecule has 0 bridgehead atoms. The van der Waals surface area contributed by atoms with E-state index in [1.807, 2.05) is 24.3 Å². The van der Waals surface area contributed by atoms with E-state index in [0.29, 0.717) is 5.71 Å². The third-order valence-electron chi connectivity index (χ3n) is 2.77. The van der Waals surface area contributed by atoms with E-state index < -0.39 is 5.66 Å². The summed E-state index contributed by atoms with van der Waals surface area (Å²) in [6.45, 7) is 0. The summed E-state index contributed by atoms with van der Waals surface area (Å²) in [6.07, 6.45) is 1.48. The van der Waals surface area contributed by atoms with Crippen molar-refractivity contribution in [1.82, 2.24) is 0 Å². The summed E-state index contributed by atoms with van der Waals surface area (Å²) in [5.41, 5.74) is 12.4. The van der Waals surface area contributed by atoms with Gasteiger partial charge in [-0.25, -0.2) is 9.98 Å². The smallest absolute Gasteiger partial charge is 0.180 e. The summed E-state index contributed by atoms with van der Waals surface area (Å²) in [5, 5.41) is 0.763. The van der Waals surface area contributed by atoms with Crippen LogP contribution in [0.5, 0.6) is 0 Å². The van der Waals surface area contributed by atoms with Crippen LogP contribution >= 0.6 is 34.4 Å². The third kappa shape index (κ3) is 1.91. The Bertz CT molecular complexity index is 580. The SMILES string of the molecule is NC1N=C2C(=NC=NC2(N)c2ccc(I)cc2)S1. The standard InChI is InChI=1S/C11H10IN5S/c12-7-3-1-6(2-4-7)11(14)8-9(15-5-16-11)18-10(13)17-8/h1-5,10H,13-14H2. The van der Waals surface area contributed by atoms with E-state index in [4.69, 9.17) is 11.5 Å². The molecule has 2 atom stereocenters. The van der Waals surface area contributed by atoms with Gasteiger partial charge in [0, 0.05) is 9.13 Å². The molecule has 0 spiro atoms. The highest BCUT2D eigenvalue weighted by Gasteiger charge is 2.41. The first kappa shape index (κ1) is 12.3. The number of benzene rings is 1. The van der Waals surface area contributed by atoms with E-state index in [0.717, 1.165) is 14.2 Å². The molecule has 0 aromatic heterocycles. The van der Waals surface area contributed by atoms with Crippen LogP contribution in [0, 0.1) is 3.57 Å². The van der Waals surface area contributed by atoms with Gasteiger partial charge in [-0.05, 0) is 34.7 Å². The fraction of sp³-hybridized carbons (Fsp3) is 0.182. The molecule has 7 heteroatoms. The minimum atomic E-state index is -0.970. The number of thioether (sulfide) groups is 1. The average molecular weight is 371 g/mol. The normalized spacial score (nSPS) is 29.8. The maximum atomic E-state index is 6.40. The predicted molar refractivity (Wildman–Crippen MR) is 84.0 cm³/mol. The highest BCUT2D eigenvalue weighted by molar-refractivity contribution is 14.1. The molecule has 2 unspecified atom stereocenters. The quantitative estimate of drug-likeness (QED) is 0.729. The van der Waals surface area contributed by atoms with Crippen LogP contribution in [-0.4, -0.2) is 22.6 Å². The molecule has 4 N–H and O–H groups in total. The van der Waals surface area contributed by atoms with Gasteiger partial charge >= 0.3 is 0 Å². The van der Waals surface area contributed by atoms with Crippen molar-refractivity contribution in [2.24, 2.45) is 26.4 Å². The summed E-state index contributed by atoms with van der Waals surface area (Å²) in [6, 6.07) is 7.90. The van der Waals surface area contributed by atoms with Gasteiger partial charge in [0.25, 0.3) is 0 Å². The van der Waals surface area contributed by atoms with Gasteiger partial charge in [0.05, 0.1) is 0 Å². The number of nitrogens with two attached hydrogens (primary N) is 2. The Balaban J connectivity index is 2.09. The summed E-state index contributed by atoms with van der Waals surface area (Å²) in [7, 11) is 0. The van der Waals surface area contributed by atoms with Crippen LogP contribution in [0.25, 0.3) is 0 Å². The van der Waals surface area contributed by atoms with E-state index in [9.17, 15) is 0 Å². The minimum Gasteiger partial charge on any atom is -0.301 e. The van der Waals surface area contributed by atoms with Gasteiger partial charge in [0.15, 0.2) is 11.2 Å². The molecule has 5 nitrogen and oxygen atoms in total. The van der Waals surface area contributed by atoms with Crippen LogP contribution in [0.3, 0.4) is 0 Å². The molecule has 2 heterocycles. The first-order valence-electron chi connectivity index (χ1n) is 5.27. The van der Waals surface area contributed by atoms with E-state index >= 15 is 0 Å². The van der Waals surface area contributed by atoms with E-state index in [1.54, 1.807) is 0 Å². The Labute approximate surface area is 122 Å². The van der Waals surface area contributed by atoms with Gasteiger partial charge in [-0.3, -0.25) is 10.7 Å². The maximum absolute atomic E-state index is 6.40. The number of rotatable bonds is 1. The molecule has 3 rings (SSSR count). The molecule has 0 aliphatic carbocycles. The first-order chi connectivity index (χ1) is 8.59. The molecule has 2 aliphatic rings. The first-order valence-corrected chi connectivity index (χ1v) is 7.23. The van der Waals surface area contributed by atoms with Gasteiger partial charge in [-0.15, -0.1) is 0 Å². The summed E-state index contributed by atoms with van der Waals surface area (Å²) >= 11 is 3.65. The van der Waals surface area contributed by atoms with Crippen LogP contribution in [-0.2, 0) is 5.66 Å². The number of nitrogens with zero attached hydrogens (tertiary/aromatic N) is 3. The molecule has 18 heavy (non-hydrogen) atoms. The Morgan fingerprint density at radius 3 is 2.72 bits per heavy atom. The fourth-order valence-corrected chi connectivity index (χ4v) is 3.06. The zero-order valence-corrected chi connectivity index (χ0v) is 12.2. The summed E-state index contributed by atoms with van der Waals surface area (Å²) in [4.78, 5) is 12.8. The van der Waals surface area contributed by atoms with Crippen molar-refractivity contribution in [3.05, 3.63) is 33.4 Å². The summed E-state index contributed by atoms with van der Waals surface area (Å²) in [5.74, 6) is 0. The van der Waals surface area contributed by atoms with Crippen molar-refractivity contribution in [2.45, 2.75) is 11.2 Å². The Hall–Kier alpha value is -0.770. The number of fused-ring (bicyclic) bond motifs is 1. The van der Waals surface area contributed by atoms with E-state index in [2.05, 4.69) is 37.6 Å². The highest BCUT2D eigenvalue weighted by atomic mass is 127. The second-order valence-electron chi connectivity index (χ2n) is 3.94. The lowest BCUT2D eigenvalue weighted by atomic mass is 9.95. The van der Waals surface area contributed by atoms with Crippen molar-refractivity contribution >= 4 is 51.4 Å². The van der Waals surface area contributed by atoms with Crippen molar-refractivity contribution < 1.29 is 0 Å². The number of hydrogen-bond acceptors (Lipinski definition) is 6. The molecule has 0 saturated heterocycles. The van der Waals surface area contributed by atoms with E-state index in [-0.39, 0.29) is 5.50 Å². The van der Waals surface area contributed by atoms with Gasteiger partial charge in [0.1, 0.15) is 17.1 Å². The molecule has 0 fully saturated rings. The predicted octanol–water partition coefficient (Wildman–Crippen LogP) is 1.27. The third-order valence-corrected chi connectivity index (χ3v) is 4.36. The lowest BCUT2D eigenvalue weighted by Crippen LogP contribution is -2.47. The molecule has 2 aliphatic heterocycles. The maximum Gasteiger partial charge on any atom is 0.180 e. The fourth-order valence-electron chi connectivity index (χ4n) is 1.88. The minimum absolute atomic E-state index is 0.341. The van der Waals surface area contributed by atoms with Crippen molar-refractivity contribution in [1.29, 1.82) is 0 Å². The van der Waals surface area contributed by atoms with Crippen LogP contribution in [0.2, 0.25) is 0 Å². The second kappa shape index (κ2) is 4.41. The van der Waals surface area contributed by atoms with Gasteiger partial charge in [0.2, 0.25) is 0 Å². The molecular formula is C11H10IN5S. The molecule has 1 aromatic carbocycles. The van der Waals surface area contributed by atoms with Crippen molar-refractivity contribution in [3.8, 4) is 0 Å². The Morgan fingerprint density at radius 1 is 1.28 bits per heavy atom. The zero-order chi connectivity index (χ0) is 12.8. The van der Waals surface area contributed by atoms with Crippen LogP contribution in [0.4, 0.5) is 0 Å². The lowest BCUT2D eigenvalue weighted by molar-refractivity contribution is 0.643. The average Bonchev–Trinajstić information content (AvgIpc) is 2.72. The second-order valence-corrected chi connectivity index (χ2v) is 6.29. The van der Waals surface area contributed by atoms with Crippen molar-refractivity contribution in [3.63, 3.8) is 0 Å². The highest BCUT2D eigenvalue weighted by Crippen LogP contribution is 2.33. The monoisotopic (exact) mass is 371 g/mol. The van der Waals surface area contributed by atoms with Crippen LogP contribution in [0.15, 0.2) is 39.2 Å². The van der Waals surface area contributed by atoms with Crippen molar-refractivity contribution in [2.75, 3.05) is 0 Å². The van der Waals surface area contributed by atoms with Crippen LogP contribution in [0.1, 0.15) is 5.56 Å². The lowest BCUT2D eigenvalue weighted by Gasteiger charge is -2.27. The largest absolute Gasteiger partial charge is 0.301 e. The molecular weight excluding hydrogens is 361 g/mol. The molecule has 0 amide bonds. The number of halogens is 1. The molecule has 92 valence electrons. The van der Waals surface area contributed by atoms with E-state index in [1.165, 1.54) is 18.1 Å². The topological polar surface area (TPSA) is 89.1 Å². The number of hydrogen-bond donors (Lipinski definition) is 2.